The Labute approximate surface area is 156 Å². The topological polar surface area (TPSA) is 67.8 Å². The normalized spacial score (nSPS) is 10.8. The molecule has 0 N–H and O–H groups in total. The first-order valence-corrected chi connectivity index (χ1v) is 8.95. The van der Waals surface area contributed by atoms with Gasteiger partial charge in [0, 0.05) is 0 Å². The summed E-state index contributed by atoms with van der Waals surface area (Å²) in [5.41, 5.74) is 0.453. The third-order valence-corrected chi connectivity index (χ3v) is 5.14. The molecule has 0 saturated carbocycles. The van der Waals surface area contributed by atoms with Crippen molar-refractivity contribution in [3.63, 3.8) is 0 Å². The van der Waals surface area contributed by atoms with Crippen LogP contribution in [0.1, 0.15) is 11.1 Å². The second-order valence-corrected chi connectivity index (χ2v) is 6.82. The molecule has 0 aliphatic heterocycles. The van der Waals surface area contributed by atoms with Crippen LogP contribution in [0.2, 0.25) is 0 Å². The third-order valence-electron chi connectivity index (χ3n) is 4.24. The molecular weight excluding hydrogens is 365 g/mol. The van der Waals surface area contributed by atoms with Crippen LogP contribution in [0, 0.1) is 17.1 Å². The Bertz CT molecular complexity index is 1330. The molecule has 0 spiro atoms. The zero-order valence-electron chi connectivity index (χ0n) is 13.9. The number of nitrogens with zero attached hydrogens (tertiary/aromatic N) is 3. The van der Waals surface area contributed by atoms with Crippen molar-refractivity contribution in [1.82, 2.24) is 9.13 Å². The van der Waals surface area contributed by atoms with Crippen molar-refractivity contribution >= 4 is 21.6 Å². The van der Waals surface area contributed by atoms with Crippen molar-refractivity contribution in [1.29, 1.82) is 5.26 Å². The van der Waals surface area contributed by atoms with Crippen LogP contribution in [0.5, 0.6) is 0 Å². The van der Waals surface area contributed by atoms with E-state index in [4.69, 9.17) is 5.26 Å². The Morgan fingerprint density at radius 2 is 1.89 bits per heavy atom. The summed E-state index contributed by atoms with van der Waals surface area (Å²) < 4.78 is 16.9. The van der Waals surface area contributed by atoms with Crippen molar-refractivity contribution in [2.45, 2.75) is 6.54 Å². The highest BCUT2D eigenvalue weighted by Gasteiger charge is 2.17. The number of halogens is 1. The van der Waals surface area contributed by atoms with Crippen molar-refractivity contribution in [2.24, 2.45) is 0 Å². The Hall–Kier alpha value is -3.50. The van der Waals surface area contributed by atoms with E-state index in [1.807, 2.05) is 0 Å². The summed E-state index contributed by atoms with van der Waals surface area (Å²) in [4.78, 5) is 25.9. The Morgan fingerprint density at radius 3 is 2.67 bits per heavy atom. The van der Waals surface area contributed by atoms with Crippen LogP contribution in [0.25, 0.3) is 15.9 Å². The standard InChI is InChI=1S/C20H12FN3O2S/c21-15-6-1-2-7-16(15)24-19(25)18-17(8-9-27-18)23(20(24)26)12-14-5-3-4-13(10-14)11-22/h1-10H,12H2. The van der Waals surface area contributed by atoms with E-state index in [2.05, 4.69) is 6.07 Å². The van der Waals surface area contributed by atoms with Gasteiger partial charge in [0.1, 0.15) is 10.5 Å². The molecule has 2 aromatic carbocycles. The quantitative estimate of drug-likeness (QED) is 0.550. The average molecular weight is 377 g/mol. The molecule has 0 unspecified atom stereocenters. The first-order chi connectivity index (χ1) is 13.1. The molecule has 132 valence electrons. The number of rotatable bonds is 3. The minimum absolute atomic E-state index is 0.0812. The van der Waals surface area contributed by atoms with Gasteiger partial charge in [0.05, 0.1) is 29.4 Å². The second kappa shape index (κ2) is 6.67. The van der Waals surface area contributed by atoms with Crippen LogP contribution in [0.15, 0.2) is 69.6 Å². The van der Waals surface area contributed by atoms with Gasteiger partial charge < -0.3 is 0 Å². The lowest BCUT2D eigenvalue weighted by atomic mass is 10.1. The zero-order valence-corrected chi connectivity index (χ0v) is 14.7. The summed E-state index contributed by atoms with van der Waals surface area (Å²) in [6.45, 7) is 0.163. The number of hydrogen-bond donors (Lipinski definition) is 0. The smallest absolute Gasteiger partial charge is 0.288 e. The van der Waals surface area contributed by atoms with Crippen LogP contribution in [0.4, 0.5) is 4.39 Å². The van der Waals surface area contributed by atoms with Gasteiger partial charge in [0.25, 0.3) is 5.56 Å². The molecule has 0 aliphatic carbocycles. The lowest BCUT2D eigenvalue weighted by Crippen LogP contribution is -2.39. The zero-order chi connectivity index (χ0) is 19.0. The molecular formula is C20H12FN3O2S. The van der Waals surface area contributed by atoms with Gasteiger partial charge in [0.15, 0.2) is 0 Å². The van der Waals surface area contributed by atoms with Crippen LogP contribution < -0.4 is 11.2 Å². The SMILES string of the molecule is N#Cc1cccc(Cn2c(=O)n(-c3ccccc3F)c(=O)c3sccc32)c1. The van der Waals surface area contributed by atoms with Gasteiger partial charge >= 0.3 is 5.69 Å². The van der Waals surface area contributed by atoms with Gasteiger partial charge in [-0.05, 0) is 41.3 Å². The van der Waals surface area contributed by atoms with Crippen molar-refractivity contribution in [3.05, 3.63) is 97.8 Å². The Morgan fingerprint density at radius 1 is 1.07 bits per heavy atom. The van der Waals surface area contributed by atoms with E-state index in [9.17, 15) is 14.0 Å². The van der Waals surface area contributed by atoms with Crippen LogP contribution in [-0.4, -0.2) is 9.13 Å². The predicted octanol–water partition coefficient (Wildman–Crippen LogP) is 3.27. The van der Waals surface area contributed by atoms with E-state index in [-0.39, 0.29) is 12.2 Å². The maximum atomic E-state index is 14.3. The van der Waals surface area contributed by atoms with Gasteiger partial charge in [-0.1, -0.05) is 24.3 Å². The number of fused-ring (bicyclic) bond motifs is 1. The van der Waals surface area contributed by atoms with Crippen molar-refractivity contribution in [2.75, 3.05) is 0 Å². The molecule has 0 saturated heterocycles. The number of hydrogen-bond acceptors (Lipinski definition) is 4. The van der Waals surface area contributed by atoms with Crippen molar-refractivity contribution < 1.29 is 4.39 Å². The van der Waals surface area contributed by atoms with Crippen LogP contribution >= 0.6 is 11.3 Å². The van der Waals surface area contributed by atoms with E-state index in [1.165, 1.54) is 34.1 Å². The molecule has 4 rings (SSSR count). The molecule has 0 atom stereocenters. The summed E-state index contributed by atoms with van der Waals surface area (Å²) in [7, 11) is 0. The number of benzene rings is 2. The summed E-state index contributed by atoms with van der Waals surface area (Å²) in [6.07, 6.45) is 0. The summed E-state index contributed by atoms with van der Waals surface area (Å²) in [5.74, 6) is -0.648. The highest BCUT2D eigenvalue weighted by molar-refractivity contribution is 7.17. The van der Waals surface area contributed by atoms with E-state index < -0.39 is 17.1 Å². The van der Waals surface area contributed by atoms with Gasteiger partial charge in [-0.25, -0.2) is 13.8 Å². The minimum Gasteiger partial charge on any atom is -0.288 e. The first-order valence-electron chi connectivity index (χ1n) is 8.07. The molecule has 0 bridgehead atoms. The fourth-order valence-corrected chi connectivity index (χ4v) is 3.83. The molecule has 2 aromatic heterocycles. The highest BCUT2D eigenvalue weighted by Crippen LogP contribution is 2.18. The number of aromatic nitrogens is 2. The van der Waals surface area contributed by atoms with E-state index in [0.717, 1.165) is 10.1 Å². The highest BCUT2D eigenvalue weighted by atomic mass is 32.1. The van der Waals surface area contributed by atoms with Gasteiger partial charge in [-0.2, -0.15) is 5.26 Å². The Balaban J connectivity index is 2.00. The lowest BCUT2D eigenvalue weighted by Gasteiger charge is -2.13. The van der Waals surface area contributed by atoms with E-state index >= 15 is 0 Å². The van der Waals surface area contributed by atoms with Crippen LogP contribution in [-0.2, 0) is 6.54 Å². The molecule has 5 nitrogen and oxygen atoms in total. The fourth-order valence-electron chi connectivity index (χ4n) is 3.01. The summed E-state index contributed by atoms with van der Waals surface area (Å²) >= 11 is 1.20. The summed E-state index contributed by atoms with van der Waals surface area (Å²) in [5, 5.41) is 10.8. The maximum Gasteiger partial charge on any atom is 0.336 e. The molecule has 27 heavy (non-hydrogen) atoms. The number of thiophene rings is 1. The first kappa shape index (κ1) is 16.9. The molecule has 7 heteroatoms. The largest absolute Gasteiger partial charge is 0.336 e. The molecule has 2 heterocycles. The molecule has 0 aliphatic rings. The molecule has 0 radical (unpaired) electrons. The molecule has 0 amide bonds. The third kappa shape index (κ3) is 2.86. The average Bonchev–Trinajstić information content (AvgIpc) is 3.17. The minimum atomic E-state index is -0.648. The summed E-state index contributed by atoms with van der Waals surface area (Å²) in [6, 6.07) is 16.3. The van der Waals surface area contributed by atoms with Gasteiger partial charge in [-0.15, -0.1) is 11.3 Å². The van der Waals surface area contributed by atoms with Crippen molar-refractivity contribution in [3.8, 4) is 11.8 Å². The van der Waals surface area contributed by atoms with E-state index in [0.29, 0.717) is 15.8 Å². The predicted molar refractivity (Wildman–Crippen MR) is 102 cm³/mol. The van der Waals surface area contributed by atoms with Gasteiger partial charge in [0.2, 0.25) is 0 Å². The lowest BCUT2D eigenvalue weighted by molar-refractivity contribution is 0.606. The Kier molecular flexibility index (Phi) is 4.18. The van der Waals surface area contributed by atoms with E-state index in [1.54, 1.807) is 41.8 Å². The van der Waals surface area contributed by atoms with Crippen LogP contribution in [0.3, 0.4) is 0 Å². The number of para-hydroxylation sites is 1. The second-order valence-electron chi connectivity index (χ2n) is 5.91. The van der Waals surface area contributed by atoms with Gasteiger partial charge in [-0.3, -0.25) is 9.36 Å². The molecule has 0 fully saturated rings. The monoisotopic (exact) mass is 377 g/mol. The number of nitriles is 1. The fraction of sp³-hybridized carbons (Fsp3) is 0.0500. The molecule has 4 aromatic rings. The maximum absolute atomic E-state index is 14.3.